The Morgan fingerprint density at radius 2 is 0.956 bits per heavy atom. The second kappa shape index (κ2) is 20.9. The molecule has 10 aromatic rings. The minimum atomic E-state index is -0.989. The van der Waals surface area contributed by atoms with Gasteiger partial charge in [-0.15, -0.1) is 0 Å². The Hall–Kier alpha value is -8.31. The number of aromatic nitrogens is 10. The van der Waals surface area contributed by atoms with Crippen molar-refractivity contribution < 1.29 is 19.2 Å². The van der Waals surface area contributed by atoms with Crippen LogP contribution in [-0.4, -0.2) is 71.5 Å². The fraction of sp³-hybridized carbons (Fsp3) is 0.0612. The van der Waals surface area contributed by atoms with E-state index in [4.69, 9.17) is 40.5 Å². The van der Waals surface area contributed by atoms with Crippen LogP contribution >= 0.6 is 34.8 Å². The molecular weight excluding hydrogens is 927 g/mol. The molecule has 0 radical (unpaired) electrons. The average molecular weight is 966 g/mol. The molecule has 10 rings (SSSR count). The highest BCUT2D eigenvalue weighted by Gasteiger charge is 2.18. The van der Waals surface area contributed by atoms with Crippen LogP contribution < -0.4 is 11.1 Å². The van der Waals surface area contributed by atoms with Gasteiger partial charge in [-0.05, 0) is 96.5 Å². The van der Waals surface area contributed by atoms with E-state index < -0.39 is 22.7 Å². The van der Waals surface area contributed by atoms with Crippen molar-refractivity contribution in [1.29, 1.82) is 0 Å². The molecule has 0 aliphatic rings. The van der Waals surface area contributed by atoms with Crippen molar-refractivity contribution in [1.82, 2.24) is 48.8 Å². The number of rotatable bonds is 9. The van der Waals surface area contributed by atoms with Crippen molar-refractivity contribution in [2.24, 2.45) is 14.1 Å². The lowest BCUT2D eigenvalue weighted by Crippen LogP contribution is -2.22. The van der Waals surface area contributed by atoms with Crippen molar-refractivity contribution in [3.63, 3.8) is 0 Å². The molecule has 340 valence electrons. The predicted octanol–water partition coefficient (Wildman–Crippen LogP) is 9.57. The van der Waals surface area contributed by atoms with Crippen LogP contribution in [0.2, 0.25) is 10.0 Å². The minimum Gasteiger partial charge on any atom is -0.399 e. The number of carbonyl (C=O) groups is 4. The Morgan fingerprint density at radius 1 is 0.529 bits per heavy atom. The predicted molar refractivity (Wildman–Crippen MR) is 263 cm³/mol. The zero-order valence-electron chi connectivity index (χ0n) is 35.3. The number of nitrogens with one attached hydrogen (secondary N) is 1. The summed E-state index contributed by atoms with van der Waals surface area (Å²) in [5, 5.41) is 19.7. The fourth-order valence-electron chi connectivity index (χ4n) is 6.75. The number of ketones is 2. The molecule has 6 heterocycles. The lowest BCUT2D eigenvalue weighted by molar-refractivity contribution is -0.112. The van der Waals surface area contributed by atoms with E-state index in [-0.39, 0.29) is 18.6 Å². The topological polar surface area (TPSA) is 202 Å². The highest BCUT2D eigenvalue weighted by molar-refractivity contribution is 6.83. The summed E-state index contributed by atoms with van der Waals surface area (Å²) in [6, 6.07) is 31.0. The quantitative estimate of drug-likeness (QED) is 0.0604. The maximum Gasteiger partial charge on any atom is 0.296 e. The van der Waals surface area contributed by atoms with Gasteiger partial charge in [0.25, 0.3) is 16.9 Å². The number of hydrogen-bond donors (Lipinski definition) is 2. The SMILES string of the molecule is C.Cn1cc(-c2cc3c(-c4ccc(N)cc4)ncnn3c2)cn1.Cn1cc(-c2cc3c(-c4ccc(NC(=O)C(=O)c5ccc(Cl)cc5)cc4)ncnn3c2)cn1.O=C(Cl)C(=O)c1ccc(Cl)cc1. The van der Waals surface area contributed by atoms with Crippen LogP contribution in [0.15, 0.2) is 159 Å². The normalized spacial score (nSPS) is 10.6. The van der Waals surface area contributed by atoms with Crippen molar-refractivity contribution in [3.05, 3.63) is 180 Å². The first-order chi connectivity index (χ1) is 32.3. The minimum absolute atomic E-state index is 0. The first-order valence-corrected chi connectivity index (χ1v) is 21.1. The van der Waals surface area contributed by atoms with E-state index in [0.29, 0.717) is 15.7 Å². The third kappa shape index (κ3) is 11.0. The van der Waals surface area contributed by atoms with Crippen LogP contribution in [0.3, 0.4) is 0 Å². The molecule has 1 amide bonds. The van der Waals surface area contributed by atoms with Crippen LogP contribution in [0.5, 0.6) is 0 Å². The van der Waals surface area contributed by atoms with Gasteiger partial charge in [0.15, 0.2) is 0 Å². The number of aryl methyl sites for hydroxylation is 2. The molecule has 16 nitrogen and oxygen atoms in total. The van der Waals surface area contributed by atoms with Gasteiger partial charge in [0.05, 0.1) is 34.8 Å². The molecular formula is C49H39Cl3N12O4. The van der Waals surface area contributed by atoms with Crippen LogP contribution in [-0.2, 0) is 23.7 Å². The molecule has 0 saturated carbocycles. The van der Waals surface area contributed by atoms with E-state index in [2.05, 4.69) is 41.7 Å². The number of Topliss-reactive ketones (excluding diaryl/α,β-unsaturated/α-hetero) is 2. The standard InChI is InChI=1S/C24H17ClN6O2.C16H14N6.C8H4Cl2O2.CH4/c1-30-12-18(11-27-30)17-10-21-22(26-14-28-31(21)13-17)15-4-8-20(9-5-15)29-24(33)23(32)16-2-6-19(25)7-3-16;1-21-8-13(7-19-21)12-6-15-16(18-10-20-22(15)9-12)11-2-4-14(17)5-3-11;9-6-3-1-5(2-4-6)7(11)8(10)12;/h2-14H,1H3,(H,29,33);2-10H,17H2,1H3;1-4H;1H4. The Labute approximate surface area is 403 Å². The Morgan fingerprint density at radius 3 is 1.37 bits per heavy atom. The molecule has 68 heavy (non-hydrogen) atoms. The van der Waals surface area contributed by atoms with Crippen molar-refractivity contribution in [2.75, 3.05) is 11.1 Å². The summed E-state index contributed by atoms with van der Waals surface area (Å²) >= 11 is 16.4. The third-order valence-corrected chi connectivity index (χ3v) is 10.8. The second-order valence-corrected chi connectivity index (χ2v) is 16.0. The summed E-state index contributed by atoms with van der Waals surface area (Å²) in [6.45, 7) is 0. The smallest absolute Gasteiger partial charge is 0.296 e. The summed E-state index contributed by atoms with van der Waals surface area (Å²) in [7, 11) is 3.77. The zero-order chi connectivity index (χ0) is 47.2. The summed E-state index contributed by atoms with van der Waals surface area (Å²) in [4.78, 5) is 54.9. The van der Waals surface area contributed by atoms with E-state index in [1.165, 1.54) is 42.7 Å². The number of fused-ring (bicyclic) bond motifs is 2. The Balaban J connectivity index is 0.000000168. The monoisotopic (exact) mass is 964 g/mol. The molecule has 0 unspecified atom stereocenters. The molecule has 4 aromatic carbocycles. The third-order valence-electron chi connectivity index (χ3n) is 10.1. The fourth-order valence-corrected chi connectivity index (χ4v) is 7.11. The molecule has 6 aromatic heterocycles. The summed E-state index contributed by atoms with van der Waals surface area (Å²) in [5.74, 6) is -2.07. The van der Waals surface area contributed by atoms with Gasteiger partial charge in [-0.1, -0.05) is 54.9 Å². The highest BCUT2D eigenvalue weighted by atomic mass is 35.5. The average Bonchev–Trinajstić information content (AvgIpc) is 4.17. The van der Waals surface area contributed by atoms with E-state index in [0.717, 1.165) is 61.5 Å². The first kappa shape index (κ1) is 47.6. The molecule has 19 heteroatoms. The van der Waals surface area contributed by atoms with Gasteiger partial charge in [-0.3, -0.25) is 28.5 Å². The molecule has 0 atom stereocenters. The van der Waals surface area contributed by atoms with Crippen LogP contribution in [0, 0.1) is 0 Å². The van der Waals surface area contributed by atoms with Gasteiger partial charge in [-0.25, -0.2) is 19.0 Å². The van der Waals surface area contributed by atoms with Crippen LogP contribution in [0.1, 0.15) is 28.1 Å². The van der Waals surface area contributed by atoms with Crippen molar-refractivity contribution in [2.45, 2.75) is 7.43 Å². The van der Waals surface area contributed by atoms with Gasteiger partial charge >= 0.3 is 0 Å². The largest absolute Gasteiger partial charge is 0.399 e. The molecule has 0 saturated heterocycles. The number of amides is 1. The summed E-state index contributed by atoms with van der Waals surface area (Å²) < 4.78 is 7.13. The van der Waals surface area contributed by atoms with Crippen LogP contribution in [0.25, 0.3) is 55.8 Å². The number of nitrogen functional groups attached to an aromatic ring is 1. The lowest BCUT2D eigenvalue weighted by atomic mass is 10.1. The van der Waals surface area contributed by atoms with E-state index in [1.54, 1.807) is 50.7 Å². The van der Waals surface area contributed by atoms with Crippen molar-refractivity contribution in [3.8, 4) is 44.8 Å². The summed E-state index contributed by atoms with van der Waals surface area (Å²) in [6.07, 6.45) is 14.5. The van der Waals surface area contributed by atoms with Gasteiger partial charge < -0.3 is 11.1 Å². The van der Waals surface area contributed by atoms with Crippen LogP contribution in [0.4, 0.5) is 11.4 Å². The number of carbonyl (C=O) groups excluding carboxylic acids is 4. The molecule has 0 aliphatic carbocycles. The molecule has 0 fully saturated rings. The number of nitrogens with zero attached hydrogens (tertiary/aromatic N) is 10. The molecule has 0 bridgehead atoms. The maximum atomic E-state index is 12.3. The van der Waals surface area contributed by atoms with E-state index in [1.807, 2.05) is 92.1 Å². The molecule has 3 N–H and O–H groups in total. The summed E-state index contributed by atoms with van der Waals surface area (Å²) in [5.41, 5.74) is 16.9. The van der Waals surface area contributed by atoms with E-state index >= 15 is 0 Å². The Bertz CT molecular complexity index is 3420. The first-order valence-electron chi connectivity index (χ1n) is 20.0. The Kier molecular flexibility index (Phi) is 14.6. The lowest BCUT2D eigenvalue weighted by Gasteiger charge is -2.07. The second-order valence-electron chi connectivity index (χ2n) is 14.7. The number of anilines is 2. The zero-order valence-corrected chi connectivity index (χ0v) is 37.6. The van der Waals surface area contributed by atoms with Gasteiger partial charge in [-0.2, -0.15) is 20.4 Å². The molecule has 0 spiro atoms. The number of halogens is 3. The number of nitrogens with two attached hydrogens (primary N) is 1. The molecule has 0 aliphatic heterocycles. The van der Waals surface area contributed by atoms with Gasteiger partial charge in [0.1, 0.15) is 12.7 Å². The van der Waals surface area contributed by atoms with E-state index in [9.17, 15) is 19.2 Å². The highest BCUT2D eigenvalue weighted by Crippen LogP contribution is 2.30. The number of hydrogen-bond acceptors (Lipinski definition) is 11. The maximum absolute atomic E-state index is 12.3. The van der Waals surface area contributed by atoms with Crippen molar-refractivity contribution >= 4 is 79.9 Å². The number of benzene rings is 4. The van der Waals surface area contributed by atoms with Gasteiger partial charge in [0.2, 0.25) is 5.78 Å². The van der Waals surface area contributed by atoms with Gasteiger partial charge in [0, 0.05) is 105 Å².